The van der Waals surface area contributed by atoms with Crippen LogP contribution in [0.15, 0.2) is 53.5 Å². The van der Waals surface area contributed by atoms with Gasteiger partial charge in [0, 0.05) is 11.9 Å². The van der Waals surface area contributed by atoms with Crippen LogP contribution in [-0.4, -0.2) is 19.6 Å². The molecule has 1 aromatic carbocycles. The largest absolute Gasteiger partial charge is 0.508 e. The van der Waals surface area contributed by atoms with Crippen LogP contribution < -0.4 is 10.9 Å². The highest BCUT2D eigenvalue weighted by atomic mass is 16.3. The van der Waals surface area contributed by atoms with Crippen LogP contribution in [0.4, 0.5) is 11.5 Å². The summed E-state index contributed by atoms with van der Waals surface area (Å²) in [6.45, 7) is -0.413. The Labute approximate surface area is 120 Å². The van der Waals surface area contributed by atoms with Gasteiger partial charge in [-0.3, -0.25) is 9.20 Å². The van der Waals surface area contributed by atoms with Gasteiger partial charge in [-0.25, -0.2) is 4.98 Å². The molecule has 21 heavy (non-hydrogen) atoms. The maximum Gasteiger partial charge on any atom is 0.265 e. The molecule has 6 nitrogen and oxygen atoms in total. The second-order valence-corrected chi connectivity index (χ2v) is 4.50. The first-order chi connectivity index (χ1) is 10.2. The fraction of sp³-hybridized carbons (Fsp3) is 0.0667. The maximum atomic E-state index is 12.3. The lowest BCUT2D eigenvalue weighted by Crippen LogP contribution is -2.21. The molecule has 3 aromatic rings. The fourth-order valence-electron chi connectivity index (χ4n) is 2.05. The summed E-state index contributed by atoms with van der Waals surface area (Å²) >= 11 is 0. The number of nitrogens with zero attached hydrogens (tertiary/aromatic N) is 2. The van der Waals surface area contributed by atoms with Crippen molar-refractivity contribution in [2.45, 2.75) is 6.61 Å². The first-order valence-electron chi connectivity index (χ1n) is 6.36. The normalized spacial score (nSPS) is 10.7. The number of anilines is 2. The Morgan fingerprint density at radius 1 is 1.14 bits per heavy atom. The molecule has 0 atom stereocenters. The molecule has 0 saturated heterocycles. The third-order valence-electron chi connectivity index (χ3n) is 3.12. The first-order valence-corrected chi connectivity index (χ1v) is 6.36. The third kappa shape index (κ3) is 2.44. The van der Waals surface area contributed by atoms with E-state index < -0.39 is 6.61 Å². The van der Waals surface area contributed by atoms with Crippen LogP contribution in [0.5, 0.6) is 5.75 Å². The molecule has 2 aromatic heterocycles. The van der Waals surface area contributed by atoms with Crippen molar-refractivity contribution in [2.24, 2.45) is 0 Å². The van der Waals surface area contributed by atoms with Crippen molar-refractivity contribution in [3.63, 3.8) is 0 Å². The highest BCUT2D eigenvalue weighted by molar-refractivity contribution is 5.62. The molecule has 0 bridgehead atoms. The number of phenolic OH excluding ortho intramolecular Hbond substituents is 1. The van der Waals surface area contributed by atoms with Gasteiger partial charge in [0.15, 0.2) is 0 Å². The van der Waals surface area contributed by atoms with Gasteiger partial charge >= 0.3 is 0 Å². The lowest BCUT2D eigenvalue weighted by Gasteiger charge is -2.11. The van der Waals surface area contributed by atoms with Gasteiger partial charge in [-0.05, 0) is 36.4 Å². The Bertz CT molecular complexity index is 841. The first kappa shape index (κ1) is 13.1. The van der Waals surface area contributed by atoms with E-state index in [0.717, 1.165) is 0 Å². The Hall–Kier alpha value is -2.86. The van der Waals surface area contributed by atoms with E-state index in [0.29, 0.717) is 17.2 Å². The van der Waals surface area contributed by atoms with Crippen molar-refractivity contribution >= 4 is 17.2 Å². The molecule has 0 aliphatic carbocycles. The second-order valence-electron chi connectivity index (χ2n) is 4.50. The molecule has 3 N–H and O–H groups in total. The average Bonchev–Trinajstić information content (AvgIpc) is 2.50. The van der Waals surface area contributed by atoms with Crippen molar-refractivity contribution in [3.8, 4) is 5.75 Å². The summed E-state index contributed by atoms with van der Waals surface area (Å²) in [7, 11) is 0. The highest BCUT2D eigenvalue weighted by Gasteiger charge is 2.11. The fourth-order valence-corrected chi connectivity index (χ4v) is 2.05. The van der Waals surface area contributed by atoms with E-state index >= 15 is 0 Å². The van der Waals surface area contributed by atoms with Gasteiger partial charge < -0.3 is 15.5 Å². The predicted octanol–water partition coefficient (Wildman–Crippen LogP) is 1.64. The van der Waals surface area contributed by atoms with Gasteiger partial charge in [-0.1, -0.05) is 6.07 Å². The van der Waals surface area contributed by atoms with Crippen LogP contribution in [0, 0.1) is 0 Å². The number of aliphatic hydroxyl groups excluding tert-OH is 1. The number of aliphatic hydroxyl groups is 1. The zero-order chi connectivity index (χ0) is 14.8. The van der Waals surface area contributed by atoms with E-state index in [4.69, 9.17) is 0 Å². The molecule has 6 heteroatoms. The van der Waals surface area contributed by atoms with Crippen molar-refractivity contribution in [2.75, 3.05) is 5.32 Å². The minimum atomic E-state index is -0.413. The SMILES string of the molecule is O=c1c(CO)c(Nc2ccc(O)cc2)nc2ccccn12. The Morgan fingerprint density at radius 3 is 2.62 bits per heavy atom. The quantitative estimate of drug-likeness (QED) is 0.636. The van der Waals surface area contributed by atoms with Crippen LogP contribution in [0.3, 0.4) is 0 Å². The standard InChI is InChI=1S/C15H13N3O3/c19-9-12-14(16-10-4-6-11(20)7-5-10)17-13-3-1-2-8-18(13)15(12)21/h1-8,16,19-20H,9H2. The van der Waals surface area contributed by atoms with E-state index in [1.807, 2.05) is 0 Å². The molecule has 0 unspecified atom stereocenters. The number of pyridine rings is 1. The number of rotatable bonds is 3. The molecule has 0 spiro atoms. The van der Waals surface area contributed by atoms with E-state index in [2.05, 4.69) is 10.3 Å². The van der Waals surface area contributed by atoms with Crippen molar-refractivity contribution in [3.05, 3.63) is 64.6 Å². The topological polar surface area (TPSA) is 86.9 Å². The monoisotopic (exact) mass is 283 g/mol. The number of benzene rings is 1. The molecule has 0 amide bonds. The molecule has 0 aliphatic heterocycles. The summed E-state index contributed by atoms with van der Waals surface area (Å²) in [5.41, 5.74) is 1.02. The van der Waals surface area contributed by atoms with E-state index in [1.54, 1.807) is 36.5 Å². The number of fused-ring (bicyclic) bond motifs is 1. The van der Waals surface area contributed by atoms with Crippen LogP contribution in [0.25, 0.3) is 5.65 Å². The van der Waals surface area contributed by atoms with E-state index in [9.17, 15) is 15.0 Å². The number of hydrogen-bond donors (Lipinski definition) is 3. The van der Waals surface area contributed by atoms with Crippen LogP contribution in [0.1, 0.15) is 5.56 Å². The van der Waals surface area contributed by atoms with Crippen molar-refractivity contribution in [1.29, 1.82) is 0 Å². The van der Waals surface area contributed by atoms with Crippen molar-refractivity contribution < 1.29 is 10.2 Å². The van der Waals surface area contributed by atoms with Gasteiger partial charge in [0.2, 0.25) is 0 Å². The van der Waals surface area contributed by atoms with Crippen molar-refractivity contribution in [1.82, 2.24) is 9.38 Å². The molecule has 2 heterocycles. The molecule has 0 saturated carbocycles. The average molecular weight is 283 g/mol. The van der Waals surface area contributed by atoms with Crippen LogP contribution >= 0.6 is 0 Å². The van der Waals surface area contributed by atoms with Gasteiger partial charge in [0.1, 0.15) is 17.2 Å². The zero-order valence-corrected chi connectivity index (χ0v) is 11.0. The number of hydrogen-bond acceptors (Lipinski definition) is 5. The number of aromatic hydroxyl groups is 1. The Morgan fingerprint density at radius 2 is 1.90 bits per heavy atom. The van der Waals surface area contributed by atoms with Gasteiger partial charge in [-0.2, -0.15) is 0 Å². The summed E-state index contributed by atoms with van der Waals surface area (Å²) < 4.78 is 1.38. The summed E-state index contributed by atoms with van der Waals surface area (Å²) in [5, 5.41) is 21.7. The third-order valence-corrected chi connectivity index (χ3v) is 3.12. The lowest BCUT2D eigenvalue weighted by atomic mass is 10.2. The summed E-state index contributed by atoms with van der Waals surface area (Å²) in [6.07, 6.45) is 1.61. The molecule has 0 aliphatic rings. The maximum absolute atomic E-state index is 12.3. The molecular weight excluding hydrogens is 270 g/mol. The zero-order valence-electron chi connectivity index (χ0n) is 11.0. The second kappa shape index (κ2) is 5.26. The predicted molar refractivity (Wildman–Crippen MR) is 78.8 cm³/mol. The summed E-state index contributed by atoms with van der Waals surface area (Å²) in [5.74, 6) is 0.453. The van der Waals surface area contributed by atoms with Gasteiger partial charge in [0.05, 0.1) is 12.2 Å². The number of aromatic nitrogens is 2. The number of nitrogens with one attached hydrogen (secondary N) is 1. The number of phenols is 1. The molecular formula is C15H13N3O3. The molecule has 106 valence electrons. The minimum absolute atomic E-state index is 0.148. The lowest BCUT2D eigenvalue weighted by molar-refractivity contribution is 0.280. The van der Waals surface area contributed by atoms with E-state index in [1.165, 1.54) is 16.5 Å². The Kier molecular flexibility index (Phi) is 3.29. The van der Waals surface area contributed by atoms with E-state index in [-0.39, 0.29) is 16.9 Å². The van der Waals surface area contributed by atoms with Crippen LogP contribution in [0.2, 0.25) is 0 Å². The smallest absolute Gasteiger partial charge is 0.265 e. The van der Waals surface area contributed by atoms with Gasteiger partial charge in [-0.15, -0.1) is 0 Å². The van der Waals surface area contributed by atoms with Gasteiger partial charge in [0.25, 0.3) is 5.56 Å². The molecule has 0 radical (unpaired) electrons. The van der Waals surface area contributed by atoms with Crippen LogP contribution in [-0.2, 0) is 6.61 Å². The Balaban J connectivity index is 2.13. The minimum Gasteiger partial charge on any atom is -0.508 e. The summed E-state index contributed by atoms with van der Waals surface area (Å²) in [6, 6.07) is 11.6. The highest BCUT2D eigenvalue weighted by Crippen LogP contribution is 2.20. The summed E-state index contributed by atoms with van der Waals surface area (Å²) in [4.78, 5) is 16.7. The molecule has 0 fully saturated rings. The molecule has 3 rings (SSSR count).